The third kappa shape index (κ3) is 7.31. The summed E-state index contributed by atoms with van der Waals surface area (Å²) >= 11 is 0. The first-order valence-electron chi connectivity index (χ1n) is 11.2. The summed E-state index contributed by atoms with van der Waals surface area (Å²) in [6, 6.07) is 12.0. The topological polar surface area (TPSA) is 108 Å². The van der Waals surface area contributed by atoms with E-state index in [1.54, 1.807) is 32.9 Å². The summed E-state index contributed by atoms with van der Waals surface area (Å²) in [5.74, 6) is -0.935. The molecule has 2 aromatic rings. The third-order valence-corrected chi connectivity index (χ3v) is 5.22. The maximum Gasteiger partial charge on any atom is 0.408 e. The Labute approximate surface area is 201 Å². The lowest BCUT2D eigenvalue weighted by atomic mass is 9.98. The van der Waals surface area contributed by atoms with E-state index >= 15 is 0 Å². The minimum absolute atomic E-state index is 0.0893. The highest BCUT2D eigenvalue weighted by Crippen LogP contribution is 2.28. The number of nitrogens with one attached hydrogen (secondary N) is 2. The van der Waals surface area contributed by atoms with Gasteiger partial charge in [0.15, 0.2) is 0 Å². The van der Waals surface area contributed by atoms with Gasteiger partial charge in [-0.2, -0.15) is 0 Å². The SMILES string of the molecule is Cc1ccccc1C(C(=O)Nc1c(C)cccc1C)N(CCO)C(=O)CNC(=O)OC(C)(C)C. The Morgan fingerprint density at radius 2 is 1.56 bits per heavy atom. The number of aliphatic hydroxyl groups is 1. The largest absolute Gasteiger partial charge is 0.444 e. The number of rotatable bonds is 8. The van der Waals surface area contributed by atoms with E-state index in [-0.39, 0.29) is 19.7 Å². The maximum absolute atomic E-state index is 13.6. The van der Waals surface area contributed by atoms with Gasteiger partial charge in [0, 0.05) is 12.2 Å². The number of aliphatic hydroxyl groups excluding tert-OH is 1. The molecule has 0 saturated heterocycles. The van der Waals surface area contributed by atoms with Crippen LogP contribution in [0.3, 0.4) is 0 Å². The number of alkyl carbamates (subject to hydrolysis) is 1. The number of hydrogen-bond acceptors (Lipinski definition) is 5. The van der Waals surface area contributed by atoms with Crippen LogP contribution in [0.4, 0.5) is 10.5 Å². The van der Waals surface area contributed by atoms with Crippen LogP contribution in [0.25, 0.3) is 0 Å². The van der Waals surface area contributed by atoms with Crippen LogP contribution in [-0.4, -0.2) is 53.2 Å². The average molecular weight is 470 g/mol. The average Bonchev–Trinajstić information content (AvgIpc) is 2.74. The first kappa shape index (κ1) is 26.9. The van der Waals surface area contributed by atoms with E-state index in [1.165, 1.54) is 4.90 Å². The molecule has 2 rings (SSSR count). The van der Waals surface area contributed by atoms with E-state index in [0.29, 0.717) is 11.3 Å². The minimum Gasteiger partial charge on any atom is -0.444 e. The van der Waals surface area contributed by atoms with Crippen LogP contribution in [0.2, 0.25) is 0 Å². The molecular weight excluding hydrogens is 434 g/mol. The van der Waals surface area contributed by atoms with Crippen molar-refractivity contribution in [3.8, 4) is 0 Å². The molecule has 0 spiro atoms. The predicted octanol–water partition coefficient (Wildman–Crippen LogP) is 3.64. The number of ether oxygens (including phenoxy) is 1. The Hall–Kier alpha value is -3.39. The van der Waals surface area contributed by atoms with Crippen LogP contribution in [0.1, 0.15) is 49.1 Å². The molecule has 3 amide bonds. The van der Waals surface area contributed by atoms with Crippen molar-refractivity contribution >= 4 is 23.6 Å². The zero-order valence-corrected chi connectivity index (χ0v) is 20.8. The quantitative estimate of drug-likeness (QED) is 0.547. The molecule has 0 radical (unpaired) electrons. The van der Waals surface area contributed by atoms with Gasteiger partial charge in [-0.3, -0.25) is 9.59 Å². The highest BCUT2D eigenvalue weighted by Gasteiger charge is 2.33. The Bertz CT molecular complexity index is 1010. The van der Waals surface area contributed by atoms with Crippen molar-refractivity contribution in [2.45, 2.75) is 53.2 Å². The van der Waals surface area contributed by atoms with Crippen molar-refractivity contribution in [3.05, 3.63) is 64.7 Å². The molecule has 34 heavy (non-hydrogen) atoms. The smallest absolute Gasteiger partial charge is 0.408 e. The number of para-hydroxylation sites is 1. The van der Waals surface area contributed by atoms with Crippen molar-refractivity contribution in [2.24, 2.45) is 0 Å². The number of benzene rings is 2. The molecule has 1 unspecified atom stereocenters. The van der Waals surface area contributed by atoms with E-state index in [2.05, 4.69) is 10.6 Å². The maximum atomic E-state index is 13.6. The van der Waals surface area contributed by atoms with E-state index in [4.69, 9.17) is 4.74 Å². The normalized spacial score (nSPS) is 12.0. The number of amides is 3. The molecule has 0 heterocycles. The van der Waals surface area contributed by atoms with Gasteiger partial charge in [0.05, 0.1) is 6.61 Å². The van der Waals surface area contributed by atoms with Gasteiger partial charge in [-0.15, -0.1) is 0 Å². The molecule has 184 valence electrons. The number of hydrogen-bond donors (Lipinski definition) is 3. The molecule has 8 nitrogen and oxygen atoms in total. The number of carbonyl (C=O) groups is 3. The number of carbonyl (C=O) groups excluding carboxylic acids is 3. The summed E-state index contributed by atoms with van der Waals surface area (Å²) in [5, 5.41) is 15.1. The van der Waals surface area contributed by atoms with Gasteiger partial charge in [-0.1, -0.05) is 42.5 Å². The molecule has 0 aliphatic rings. The van der Waals surface area contributed by atoms with Crippen molar-refractivity contribution in [1.29, 1.82) is 0 Å². The van der Waals surface area contributed by atoms with Gasteiger partial charge >= 0.3 is 6.09 Å². The molecule has 0 aliphatic heterocycles. The summed E-state index contributed by atoms with van der Waals surface area (Å²) in [4.78, 5) is 40.1. The Morgan fingerprint density at radius 1 is 0.971 bits per heavy atom. The van der Waals surface area contributed by atoms with Gasteiger partial charge in [0.2, 0.25) is 5.91 Å². The van der Waals surface area contributed by atoms with Crippen molar-refractivity contribution in [1.82, 2.24) is 10.2 Å². The second kappa shape index (κ2) is 11.7. The molecule has 0 aromatic heterocycles. The van der Waals surface area contributed by atoms with Gasteiger partial charge in [0.25, 0.3) is 5.91 Å². The lowest BCUT2D eigenvalue weighted by Gasteiger charge is -2.32. The summed E-state index contributed by atoms with van der Waals surface area (Å²) in [6.07, 6.45) is -0.739. The van der Waals surface area contributed by atoms with Crippen molar-refractivity contribution < 1.29 is 24.2 Å². The van der Waals surface area contributed by atoms with Gasteiger partial charge < -0.3 is 25.4 Å². The van der Waals surface area contributed by atoms with E-state index in [9.17, 15) is 19.5 Å². The fraction of sp³-hybridized carbons (Fsp3) is 0.423. The van der Waals surface area contributed by atoms with Crippen LogP contribution in [0, 0.1) is 20.8 Å². The lowest BCUT2D eigenvalue weighted by Crippen LogP contribution is -2.47. The van der Waals surface area contributed by atoms with Crippen molar-refractivity contribution in [3.63, 3.8) is 0 Å². The minimum atomic E-state index is -1.01. The molecule has 0 bridgehead atoms. The zero-order valence-electron chi connectivity index (χ0n) is 20.8. The highest BCUT2D eigenvalue weighted by molar-refractivity contribution is 5.99. The summed E-state index contributed by atoms with van der Waals surface area (Å²) in [5.41, 5.74) is 3.19. The molecule has 0 fully saturated rings. The van der Waals surface area contributed by atoms with Crippen LogP contribution in [-0.2, 0) is 14.3 Å². The van der Waals surface area contributed by atoms with Crippen LogP contribution in [0.15, 0.2) is 42.5 Å². The second-order valence-corrected chi connectivity index (χ2v) is 9.18. The fourth-order valence-corrected chi connectivity index (χ4v) is 3.62. The molecule has 1 atom stereocenters. The Kier molecular flexibility index (Phi) is 9.20. The van der Waals surface area contributed by atoms with Gasteiger partial charge in [0.1, 0.15) is 18.2 Å². The highest BCUT2D eigenvalue weighted by atomic mass is 16.6. The van der Waals surface area contributed by atoms with Gasteiger partial charge in [-0.25, -0.2) is 4.79 Å². The van der Waals surface area contributed by atoms with Crippen molar-refractivity contribution in [2.75, 3.05) is 25.0 Å². The number of aryl methyl sites for hydroxylation is 3. The van der Waals surface area contributed by atoms with E-state index in [1.807, 2.05) is 51.1 Å². The molecule has 0 saturated carbocycles. The summed E-state index contributed by atoms with van der Waals surface area (Å²) in [7, 11) is 0. The van der Waals surface area contributed by atoms with Crippen LogP contribution < -0.4 is 10.6 Å². The summed E-state index contributed by atoms with van der Waals surface area (Å²) < 4.78 is 5.20. The Morgan fingerprint density at radius 3 is 2.12 bits per heavy atom. The predicted molar refractivity (Wildman–Crippen MR) is 132 cm³/mol. The molecular formula is C26H35N3O5. The third-order valence-electron chi connectivity index (χ3n) is 5.22. The van der Waals surface area contributed by atoms with Crippen LogP contribution >= 0.6 is 0 Å². The van der Waals surface area contributed by atoms with Gasteiger partial charge in [-0.05, 0) is 63.8 Å². The Balaban J connectivity index is 2.38. The molecule has 0 aliphatic carbocycles. The standard InChI is InChI=1S/C26H35N3O5/c1-17-10-7-8-13-20(17)23(24(32)28-22-18(2)11-9-12-19(22)3)29(14-15-30)21(31)16-27-25(33)34-26(4,5)6/h7-13,23,30H,14-16H2,1-6H3,(H,27,33)(H,28,32). The summed E-state index contributed by atoms with van der Waals surface area (Å²) in [6.45, 7) is 9.99. The fourth-order valence-electron chi connectivity index (χ4n) is 3.62. The lowest BCUT2D eigenvalue weighted by molar-refractivity contribution is -0.138. The number of anilines is 1. The zero-order chi connectivity index (χ0) is 25.5. The first-order valence-corrected chi connectivity index (χ1v) is 11.2. The monoisotopic (exact) mass is 469 g/mol. The second-order valence-electron chi connectivity index (χ2n) is 9.18. The van der Waals surface area contributed by atoms with E-state index in [0.717, 1.165) is 16.7 Å². The molecule has 8 heteroatoms. The first-order chi connectivity index (χ1) is 15.9. The molecule has 3 N–H and O–H groups in total. The number of nitrogens with zero attached hydrogens (tertiary/aromatic N) is 1. The van der Waals surface area contributed by atoms with E-state index < -0.39 is 29.6 Å². The van der Waals surface area contributed by atoms with Crippen LogP contribution in [0.5, 0.6) is 0 Å². The molecule has 2 aromatic carbocycles.